The Labute approximate surface area is 193 Å². The second-order valence-corrected chi connectivity index (χ2v) is 7.85. The number of hydrogen-bond acceptors (Lipinski definition) is 10. The molecule has 2 aromatic carbocycles. The summed E-state index contributed by atoms with van der Waals surface area (Å²) in [6.07, 6.45) is 0. The predicted octanol–water partition coefficient (Wildman–Crippen LogP) is 5.44. The van der Waals surface area contributed by atoms with Gasteiger partial charge in [-0.15, -0.1) is 20.4 Å². The zero-order chi connectivity index (χ0) is 22.6. The molecule has 0 aliphatic rings. The number of nitrogens with zero attached hydrogens (tertiary/aromatic N) is 5. The first-order chi connectivity index (χ1) is 16.2. The summed E-state index contributed by atoms with van der Waals surface area (Å²) in [6, 6.07) is 17.2. The first-order valence-corrected chi connectivity index (χ1v) is 11.2. The molecule has 0 radical (unpaired) electrons. The van der Waals surface area contributed by atoms with E-state index in [-0.39, 0.29) is 0 Å². The maximum Gasteiger partial charge on any atom is 0.277 e. The summed E-state index contributed by atoms with van der Waals surface area (Å²) >= 11 is 1.31. The van der Waals surface area contributed by atoms with Crippen LogP contribution in [0, 0.1) is 6.92 Å². The molecule has 3 aromatic heterocycles. The molecule has 9 nitrogen and oxygen atoms in total. The average Bonchev–Trinajstić information content (AvgIpc) is 3.58. The summed E-state index contributed by atoms with van der Waals surface area (Å²) in [5.41, 5.74) is 2.99. The molecule has 0 unspecified atom stereocenters. The topological polar surface area (TPSA) is 113 Å². The van der Waals surface area contributed by atoms with Gasteiger partial charge in [0.15, 0.2) is 0 Å². The van der Waals surface area contributed by atoms with E-state index in [4.69, 9.17) is 18.1 Å². The summed E-state index contributed by atoms with van der Waals surface area (Å²) in [5, 5.41) is 21.1. The molecule has 3 heterocycles. The maximum absolute atomic E-state index is 5.88. The Bertz CT molecular complexity index is 1360. The van der Waals surface area contributed by atoms with E-state index < -0.39 is 0 Å². The van der Waals surface area contributed by atoms with Crippen LogP contribution < -0.4 is 4.74 Å². The van der Waals surface area contributed by atoms with E-state index in [1.54, 1.807) is 0 Å². The molecule has 0 aliphatic heterocycles. The average molecular weight is 462 g/mol. The molecular weight excluding hydrogens is 442 g/mol. The number of para-hydroxylation sites is 1. The van der Waals surface area contributed by atoms with Crippen LogP contribution in [0.5, 0.6) is 5.75 Å². The van der Waals surface area contributed by atoms with Gasteiger partial charge in [-0.25, -0.2) is 0 Å². The number of rotatable bonds is 8. The standard InChI is InChI=1S/C23H19N5O4S/c1-3-29-17-12-8-7-11-16(17)21-25-27-23(31-21)33-13-18-24-26-22(30-18)19-14(2)32-28-20(19)15-9-5-4-6-10-15/h4-12H,3,13H2,1-2H3. The van der Waals surface area contributed by atoms with E-state index in [1.807, 2.05) is 68.4 Å². The van der Waals surface area contributed by atoms with Gasteiger partial charge in [0, 0.05) is 5.56 Å². The van der Waals surface area contributed by atoms with Crippen molar-refractivity contribution in [3.63, 3.8) is 0 Å². The van der Waals surface area contributed by atoms with Crippen LogP contribution >= 0.6 is 11.8 Å². The van der Waals surface area contributed by atoms with Crippen molar-refractivity contribution in [2.75, 3.05) is 6.61 Å². The molecule has 166 valence electrons. The van der Waals surface area contributed by atoms with Gasteiger partial charge < -0.3 is 18.1 Å². The highest BCUT2D eigenvalue weighted by atomic mass is 32.2. The Morgan fingerprint density at radius 3 is 2.52 bits per heavy atom. The molecule has 0 aliphatic carbocycles. The molecule has 5 rings (SSSR count). The van der Waals surface area contributed by atoms with Crippen molar-refractivity contribution in [2.24, 2.45) is 0 Å². The molecule has 10 heteroatoms. The molecular formula is C23H19N5O4S. The molecule has 0 spiro atoms. The van der Waals surface area contributed by atoms with Crippen molar-refractivity contribution in [2.45, 2.75) is 24.8 Å². The summed E-state index contributed by atoms with van der Waals surface area (Å²) < 4.78 is 22.7. The smallest absolute Gasteiger partial charge is 0.277 e. The minimum absolute atomic E-state index is 0.347. The molecule has 0 fully saturated rings. The van der Waals surface area contributed by atoms with Crippen molar-refractivity contribution in [1.82, 2.24) is 25.6 Å². The molecule has 5 aromatic rings. The normalized spacial score (nSPS) is 11.1. The fourth-order valence-electron chi connectivity index (χ4n) is 3.26. The Morgan fingerprint density at radius 2 is 1.67 bits per heavy atom. The lowest BCUT2D eigenvalue weighted by Gasteiger charge is -2.05. The van der Waals surface area contributed by atoms with Gasteiger partial charge in [0.25, 0.3) is 17.0 Å². The van der Waals surface area contributed by atoms with E-state index in [0.29, 0.717) is 58.0 Å². The Kier molecular flexibility index (Phi) is 5.90. The maximum atomic E-state index is 5.88. The van der Waals surface area contributed by atoms with Gasteiger partial charge in [-0.2, -0.15) is 0 Å². The number of benzene rings is 2. The number of hydrogen-bond donors (Lipinski definition) is 0. The molecule has 0 amide bonds. The van der Waals surface area contributed by atoms with Gasteiger partial charge in [-0.1, -0.05) is 59.4 Å². The third-order valence-electron chi connectivity index (χ3n) is 4.73. The minimum atomic E-state index is 0.347. The Morgan fingerprint density at radius 1 is 0.879 bits per heavy atom. The van der Waals surface area contributed by atoms with E-state index in [1.165, 1.54) is 11.8 Å². The SMILES string of the molecule is CCOc1ccccc1-c1nnc(SCc2nnc(-c3c(-c4ccccc4)noc3C)o2)o1. The molecule has 0 bridgehead atoms. The van der Waals surface area contributed by atoms with Crippen LogP contribution in [0.1, 0.15) is 18.6 Å². The first-order valence-electron chi connectivity index (χ1n) is 10.3. The van der Waals surface area contributed by atoms with Gasteiger partial charge in [-0.05, 0) is 26.0 Å². The van der Waals surface area contributed by atoms with Gasteiger partial charge in [0.2, 0.25) is 5.89 Å². The van der Waals surface area contributed by atoms with Crippen LogP contribution in [0.3, 0.4) is 0 Å². The van der Waals surface area contributed by atoms with Crippen LogP contribution in [0.4, 0.5) is 0 Å². The molecule has 0 saturated heterocycles. The van der Waals surface area contributed by atoms with Crippen LogP contribution in [0.15, 0.2) is 73.2 Å². The second kappa shape index (κ2) is 9.29. The summed E-state index contributed by atoms with van der Waals surface area (Å²) in [7, 11) is 0. The molecule has 33 heavy (non-hydrogen) atoms. The zero-order valence-electron chi connectivity index (χ0n) is 17.9. The molecule has 0 N–H and O–H groups in total. The van der Waals surface area contributed by atoms with Gasteiger partial charge in [-0.3, -0.25) is 0 Å². The monoisotopic (exact) mass is 461 g/mol. The number of ether oxygens (including phenoxy) is 1. The van der Waals surface area contributed by atoms with Gasteiger partial charge in [0.1, 0.15) is 22.8 Å². The van der Waals surface area contributed by atoms with Gasteiger partial charge in [0.05, 0.1) is 17.9 Å². The van der Waals surface area contributed by atoms with Crippen molar-refractivity contribution in [3.8, 4) is 39.9 Å². The quantitative estimate of drug-likeness (QED) is 0.277. The third kappa shape index (κ3) is 4.37. The molecule has 0 atom stereocenters. The van der Waals surface area contributed by atoms with E-state index in [9.17, 15) is 0 Å². The summed E-state index contributed by atoms with van der Waals surface area (Å²) in [6.45, 7) is 4.28. The fraction of sp³-hybridized carbons (Fsp3) is 0.174. The van der Waals surface area contributed by atoms with Crippen molar-refractivity contribution in [3.05, 3.63) is 66.2 Å². The zero-order valence-corrected chi connectivity index (χ0v) is 18.7. The number of aromatic nitrogens is 5. The van der Waals surface area contributed by atoms with Crippen molar-refractivity contribution in [1.29, 1.82) is 0 Å². The van der Waals surface area contributed by atoms with Crippen LogP contribution in [0.2, 0.25) is 0 Å². The second-order valence-electron chi connectivity index (χ2n) is 6.92. The van der Waals surface area contributed by atoms with Gasteiger partial charge >= 0.3 is 0 Å². The lowest BCUT2D eigenvalue weighted by molar-refractivity contribution is 0.340. The third-order valence-corrected chi connectivity index (χ3v) is 5.54. The largest absolute Gasteiger partial charge is 0.493 e. The van der Waals surface area contributed by atoms with Crippen LogP contribution in [-0.4, -0.2) is 32.2 Å². The highest BCUT2D eigenvalue weighted by Crippen LogP contribution is 2.35. The first kappa shape index (κ1) is 21.0. The number of aryl methyl sites for hydroxylation is 1. The van der Waals surface area contributed by atoms with Crippen LogP contribution in [-0.2, 0) is 5.75 Å². The van der Waals surface area contributed by atoms with Crippen LogP contribution in [0.25, 0.3) is 34.2 Å². The Hall–Kier alpha value is -3.92. The Balaban J connectivity index is 1.32. The summed E-state index contributed by atoms with van der Waals surface area (Å²) in [4.78, 5) is 0. The summed E-state index contributed by atoms with van der Waals surface area (Å²) in [5.74, 6) is 2.82. The highest BCUT2D eigenvalue weighted by Gasteiger charge is 2.22. The highest BCUT2D eigenvalue weighted by molar-refractivity contribution is 7.98. The van der Waals surface area contributed by atoms with Crippen molar-refractivity contribution < 1.29 is 18.1 Å². The van der Waals surface area contributed by atoms with Crippen molar-refractivity contribution >= 4 is 11.8 Å². The van der Waals surface area contributed by atoms with E-state index in [2.05, 4.69) is 25.6 Å². The minimum Gasteiger partial charge on any atom is -0.493 e. The predicted molar refractivity (Wildman–Crippen MR) is 120 cm³/mol. The number of thioether (sulfide) groups is 1. The lowest BCUT2D eigenvalue weighted by Crippen LogP contribution is -1.93. The molecule has 0 saturated carbocycles. The van der Waals surface area contributed by atoms with E-state index >= 15 is 0 Å². The fourth-order valence-corrected chi connectivity index (χ4v) is 3.86. The van der Waals surface area contributed by atoms with E-state index in [0.717, 1.165) is 11.1 Å². The lowest BCUT2D eigenvalue weighted by atomic mass is 10.1.